The second-order valence-corrected chi connectivity index (χ2v) is 5.58. The molecule has 100 valence electrons. The molecule has 0 radical (unpaired) electrons. The summed E-state index contributed by atoms with van der Waals surface area (Å²) in [6, 6.07) is 4.81. The number of halogens is 1. The molecule has 4 heteroatoms. The molecule has 1 aromatic heterocycles. The first kappa shape index (κ1) is 13.6. The van der Waals surface area contributed by atoms with Crippen LogP contribution in [0.3, 0.4) is 0 Å². The minimum atomic E-state index is 0.557. The molecule has 3 nitrogen and oxygen atoms in total. The Morgan fingerprint density at radius 3 is 2.89 bits per heavy atom. The molecule has 0 bridgehead atoms. The van der Waals surface area contributed by atoms with Crippen LogP contribution in [0.5, 0.6) is 0 Å². The van der Waals surface area contributed by atoms with E-state index in [1.54, 1.807) is 0 Å². The van der Waals surface area contributed by atoms with Crippen LogP contribution in [0.1, 0.15) is 24.1 Å². The summed E-state index contributed by atoms with van der Waals surface area (Å²) in [5.41, 5.74) is 2.21. The minimum absolute atomic E-state index is 0.557. The van der Waals surface area contributed by atoms with Gasteiger partial charge >= 0.3 is 0 Å². The number of aryl methyl sites for hydroxylation is 1. The third-order valence-electron chi connectivity index (χ3n) is 3.60. The van der Waals surface area contributed by atoms with Gasteiger partial charge in [-0.05, 0) is 51.6 Å². The fraction of sp³-hybridized carbons (Fsp3) is 0.643. The van der Waals surface area contributed by atoms with Gasteiger partial charge in [-0.3, -0.25) is 0 Å². The highest BCUT2D eigenvalue weighted by Crippen LogP contribution is 2.22. The maximum absolute atomic E-state index is 5.93. The number of pyridine rings is 1. The van der Waals surface area contributed by atoms with Gasteiger partial charge in [-0.1, -0.05) is 0 Å². The Balaban J connectivity index is 2.17. The Hall–Kier alpha value is -0.800. The monoisotopic (exact) mass is 267 g/mol. The van der Waals surface area contributed by atoms with Crippen LogP contribution < -0.4 is 4.90 Å². The predicted octanol–water partition coefficient (Wildman–Crippen LogP) is 2.66. The average molecular weight is 268 g/mol. The molecule has 1 aliphatic heterocycles. The number of rotatable bonds is 3. The van der Waals surface area contributed by atoms with Gasteiger partial charge in [0.2, 0.25) is 0 Å². The first-order valence-electron chi connectivity index (χ1n) is 6.55. The van der Waals surface area contributed by atoms with E-state index in [-0.39, 0.29) is 0 Å². The number of aromatic nitrogens is 1. The van der Waals surface area contributed by atoms with E-state index in [0.29, 0.717) is 11.9 Å². The smallest absolute Gasteiger partial charge is 0.129 e. The van der Waals surface area contributed by atoms with Crippen molar-refractivity contribution in [3.05, 3.63) is 23.4 Å². The van der Waals surface area contributed by atoms with Gasteiger partial charge in [-0.15, -0.1) is 11.6 Å². The highest BCUT2D eigenvalue weighted by atomic mass is 35.5. The van der Waals surface area contributed by atoms with E-state index in [0.717, 1.165) is 30.2 Å². The zero-order valence-corrected chi connectivity index (χ0v) is 12.2. The fourth-order valence-corrected chi connectivity index (χ4v) is 2.70. The number of anilines is 1. The zero-order chi connectivity index (χ0) is 13.1. The number of alkyl halides is 1. The molecule has 0 aromatic carbocycles. The van der Waals surface area contributed by atoms with Crippen molar-refractivity contribution in [1.82, 2.24) is 9.88 Å². The number of hydrogen-bond acceptors (Lipinski definition) is 3. The lowest BCUT2D eigenvalue weighted by Crippen LogP contribution is -2.45. The lowest BCUT2D eigenvalue weighted by atomic mass is 10.0. The fourth-order valence-electron chi connectivity index (χ4n) is 2.54. The van der Waals surface area contributed by atoms with Crippen LogP contribution in [-0.2, 0) is 5.88 Å². The van der Waals surface area contributed by atoms with E-state index in [1.807, 2.05) is 6.92 Å². The Morgan fingerprint density at radius 2 is 2.22 bits per heavy atom. The summed E-state index contributed by atoms with van der Waals surface area (Å²) < 4.78 is 0. The molecule has 1 fully saturated rings. The van der Waals surface area contributed by atoms with Gasteiger partial charge < -0.3 is 9.80 Å². The highest BCUT2D eigenvalue weighted by Gasteiger charge is 2.22. The lowest BCUT2D eigenvalue weighted by molar-refractivity contribution is 0.257. The van der Waals surface area contributed by atoms with Gasteiger partial charge in [0.1, 0.15) is 5.82 Å². The molecule has 0 N–H and O–H groups in total. The van der Waals surface area contributed by atoms with Gasteiger partial charge in [0, 0.05) is 30.7 Å². The number of nitrogens with zero attached hydrogens (tertiary/aromatic N) is 3. The number of likely N-dealkylation sites (N-methyl/N-ethyl adjacent to an activating group) is 1. The summed E-state index contributed by atoms with van der Waals surface area (Å²) in [6.45, 7) is 4.20. The third kappa shape index (κ3) is 3.15. The molecule has 0 saturated carbocycles. The molecular weight excluding hydrogens is 246 g/mol. The van der Waals surface area contributed by atoms with Crippen LogP contribution >= 0.6 is 11.6 Å². The molecule has 2 heterocycles. The molecule has 1 atom stereocenters. The predicted molar refractivity (Wildman–Crippen MR) is 77.5 cm³/mol. The summed E-state index contributed by atoms with van der Waals surface area (Å²) in [4.78, 5) is 9.34. The minimum Gasteiger partial charge on any atom is -0.355 e. The second-order valence-electron chi connectivity index (χ2n) is 5.31. The molecule has 18 heavy (non-hydrogen) atoms. The van der Waals surface area contributed by atoms with Crippen LogP contribution in [-0.4, -0.2) is 43.1 Å². The van der Waals surface area contributed by atoms with Gasteiger partial charge in [0.25, 0.3) is 0 Å². The summed E-state index contributed by atoms with van der Waals surface area (Å²) in [5.74, 6) is 1.64. The third-order valence-corrected chi connectivity index (χ3v) is 3.91. The van der Waals surface area contributed by atoms with Crippen LogP contribution in [0.2, 0.25) is 0 Å². The maximum atomic E-state index is 5.93. The van der Waals surface area contributed by atoms with E-state index in [9.17, 15) is 0 Å². The SMILES string of the molecule is Cc1cc(CCl)cc(N2CCCC(N(C)C)C2)n1. The van der Waals surface area contributed by atoms with Crippen molar-refractivity contribution in [3.8, 4) is 0 Å². The van der Waals surface area contributed by atoms with Crippen LogP contribution in [0.25, 0.3) is 0 Å². The Kier molecular flexibility index (Phi) is 4.46. The Labute approximate surface area is 115 Å². The topological polar surface area (TPSA) is 19.4 Å². The average Bonchev–Trinajstić information content (AvgIpc) is 2.38. The van der Waals surface area contributed by atoms with E-state index in [4.69, 9.17) is 11.6 Å². The van der Waals surface area contributed by atoms with Crippen LogP contribution in [0.15, 0.2) is 12.1 Å². The standard InChI is InChI=1S/C14H22ClN3/c1-11-7-12(9-15)8-14(16-11)18-6-4-5-13(10-18)17(2)3/h7-8,13H,4-6,9-10H2,1-3H3. The van der Waals surface area contributed by atoms with Gasteiger partial charge in [0.05, 0.1) is 0 Å². The van der Waals surface area contributed by atoms with Crippen molar-refractivity contribution in [2.24, 2.45) is 0 Å². The van der Waals surface area contributed by atoms with Crippen molar-refractivity contribution < 1.29 is 0 Å². The van der Waals surface area contributed by atoms with Crippen molar-refractivity contribution in [1.29, 1.82) is 0 Å². The first-order chi connectivity index (χ1) is 8.60. The van der Waals surface area contributed by atoms with Crippen molar-refractivity contribution in [2.75, 3.05) is 32.1 Å². The second kappa shape index (κ2) is 5.89. The van der Waals surface area contributed by atoms with Crippen LogP contribution in [0, 0.1) is 6.92 Å². The zero-order valence-electron chi connectivity index (χ0n) is 11.5. The molecular formula is C14H22ClN3. The summed E-state index contributed by atoms with van der Waals surface area (Å²) >= 11 is 5.93. The van der Waals surface area contributed by atoms with Gasteiger partial charge in [0.15, 0.2) is 0 Å². The summed E-state index contributed by atoms with van der Waals surface area (Å²) in [7, 11) is 4.31. The first-order valence-corrected chi connectivity index (χ1v) is 7.08. The molecule has 0 spiro atoms. The van der Waals surface area contributed by atoms with Crippen LogP contribution in [0.4, 0.5) is 5.82 Å². The molecule has 0 amide bonds. The van der Waals surface area contributed by atoms with E-state index in [2.05, 4.69) is 41.0 Å². The highest BCUT2D eigenvalue weighted by molar-refractivity contribution is 6.17. The summed E-state index contributed by atoms with van der Waals surface area (Å²) in [6.07, 6.45) is 2.51. The molecule has 1 aromatic rings. The van der Waals surface area contributed by atoms with Crippen molar-refractivity contribution >= 4 is 17.4 Å². The van der Waals surface area contributed by atoms with Crippen molar-refractivity contribution in [3.63, 3.8) is 0 Å². The Bertz CT molecular complexity index is 406. The van der Waals surface area contributed by atoms with E-state index in [1.165, 1.54) is 12.8 Å². The Morgan fingerprint density at radius 1 is 1.44 bits per heavy atom. The lowest BCUT2D eigenvalue weighted by Gasteiger charge is -2.37. The number of hydrogen-bond donors (Lipinski definition) is 0. The van der Waals surface area contributed by atoms with Crippen molar-refractivity contribution in [2.45, 2.75) is 31.7 Å². The largest absolute Gasteiger partial charge is 0.355 e. The molecule has 1 aliphatic rings. The quantitative estimate of drug-likeness (QED) is 0.785. The number of piperidine rings is 1. The van der Waals surface area contributed by atoms with Gasteiger partial charge in [-0.25, -0.2) is 4.98 Å². The maximum Gasteiger partial charge on any atom is 0.129 e. The molecule has 1 saturated heterocycles. The van der Waals surface area contributed by atoms with E-state index >= 15 is 0 Å². The molecule has 1 unspecified atom stereocenters. The van der Waals surface area contributed by atoms with Gasteiger partial charge in [-0.2, -0.15) is 0 Å². The van der Waals surface area contributed by atoms with E-state index < -0.39 is 0 Å². The normalized spacial score (nSPS) is 20.5. The summed E-state index contributed by atoms with van der Waals surface area (Å²) in [5, 5.41) is 0. The molecule has 2 rings (SSSR count). The molecule has 0 aliphatic carbocycles.